The molecule has 162 valence electrons. The van der Waals surface area contributed by atoms with Gasteiger partial charge in [-0.25, -0.2) is 13.9 Å². The molecule has 0 bridgehead atoms. The van der Waals surface area contributed by atoms with E-state index in [0.29, 0.717) is 23.5 Å². The van der Waals surface area contributed by atoms with Crippen LogP contribution in [0, 0.1) is 12.7 Å². The molecule has 0 spiro atoms. The van der Waals surface area contributed by atoms with E-state index in [-0.39, 0.29) is 5.91 Å². The first kappa shape index (κ1) is 20.1. The molecule has 0 aliphatic carbocycles. The van der Waals surface area contributed by atoms with Crippen LogP contribution in [0.25, 0.3) is 16.9 Å². The minimum atomic E-state index is -0.422. The third-order valence-electron chi connectivity index (χ3n) is 5.69. The van der Waals surface area contributed by atoms with Gasteiger partial charge in [0.25, 0.3) is 0 Å². The van der Waals surface area contributed by atoms with Crippen molar-refractivity contribution in [2.75, 3.05) is 11.4 Å². The van der Waals surface area contributed by atoms with Crippen molar-refractivity contribution in [2.24, 2.45) is 0 Å². The van der Waals surface area contributed by atoms with E-state index in [4.69, 9.17) is 4.74 Å². The first-order valence-electron chi connectivity index (χ1n) is 10.5. The summed E-state index contributed by atoms with van der Waals surface area (Å²) in [5.74, 6) is 0.152. The van der Waals surface area contributed by atoms with Crippen molar-refractivity contribution < 1.29 is 13.9 Å². The molecule has 7 nitrogen and oxygen atoms in total. The SMILES string of the molecule is Cc1cc(-c2cnc3ccc(OC(C)c4cncc(F)c4)nn23)ccc1N1CCCC1=O. The molecule has 1 atom stereocenters. The Hall–Kier alpha value is -3.81. The summed E-state index contributed by atoms with van der Waals surface area (Å²) in [7, 11) is 0. The van der Waals surface area contributed by atoms with Gasteiger partial charge >= 0.3 is 0 Å². The number of halogens is 1. The van der Waals surface area contributed by atoms with Crippen LogP contribution in [-0.4, -0.2) is 32.0 Å². The number of nitrogens with zero attached hydrogens (tertiary/aromatic N) is 5. The monoisotopic (exact) mass is 431 g/mol. The molecule has 3 aromatic heterocycles. The lowest BCUT2D eigenvalue weighted by atomic mass is 10.1. The van der Waals surface area contributed by atoms with Crippen molar-refractivity contribution in [1.29, 1.82) is 0 Å². The Kier molecular flexibility index (Phi) is 5.05. The largest absolute Gasteiger partial charge is 0.469 e. The van der Waals surface area contributed by atoms with E-state index in [2.05, 4.69) is 15.1 Å². The van der Waals surface area contributed by atoms with Gasteiger partial charge in [-0.05, 0) is 50.1 Å². The molecule has 0 saturated carbocycles. The summed E-state index contributed by atoms with van der Waals surface area (Å²) in [4.78, 5) is 22.3. The van der Waals surface area contributed by atoms with Crippen LogP contribution in [0.2, 0.25) is 0 Å². The quantitative estimate of drug-likeness (QED) is 0.465. The van der Waals surface area contributed by atoms with Gasteiger partial charge in [-0.3, -0.25) is 9.78 Å². The topological polar surface area (TPSA) is 72.6 Å². The van der Waals surface area contributed by atoms with E-state index in [1.54, 1.807) is 23.0 Å². The lowest BCUT2D eigenvalue weighted by Gasteiger charge is -2.19. The maximum Gasteiger partial charge on any atom is 0.232 e. The molecule has 1 aliphatic heterocycles. The van der Waals surface area contributed by atoms with Crippen LogP contribution in [0.3, 0.4) is 0 Å². The number of anilines is 1. The molecule has 4 aromatic rings. The summed E-state index contributed by atoms with van der Waals surface area (Å²) in [6.45, 7) is 4.58. The van der Waals surface area contributed by atoms with Crippen LogP contribution in [-0.2, 0) is 4.79 Å². The number of carbonyl (C=O) groups is 1. The molecule has 1 saturated heterocycles. The Bertz CT molecular complexity index is 1320. The van der Waals surface area contributed by atoms with Crippen molar-refractivity contribution >= 4 is 17.2 Å². The van der Waals surface area contributed by atoms with Crippen LogP contribution in [0.4, 0.5) is 10.1 Å². The van der Waals surface area contributed by atoms with E-state index in [1.165, 1.54) is 6.07 Å². The Morgan fingerprint density at radius 2 is 2.00 bits per heavy atom. The van der Waals surface area contributed by atoms with E-state index in [1.807, 2.05) is 43.0 Å². The first-order chi connectivity index (χ1) is 15.5. The summed E-state index contributed by atoms with van der Waals surface area (Å²) >= 11 is 0. The van der Waals surface area contributed by atoms with Crippen LogP contribution in [0.15, 0.2) is 55.0 Å². The predicted molar refractivity (Wildman–Crippen MR) is 118 cm³/mol. The molecule has 0 N–H and O–H groups in total. The molecular weight excluding hydrogens is 409 g/mol. The molecule has 4 heterocycles. The molecule has 1 unspecified atom stereocenters. The minimum Gasteiger partial charge on any atom is -0.469 e. The van der Waals surface area contributed by atoms with Gasteiger partial charge in [0.15, 0.2) is 5.65 Å². The molecule has 32 heavy (non-hydrogen) atoms. The van der Waals surface area contributed by atoms with E-state index < -0.39 is 11.9 Å². The van der Waals surface area contributed by atoms with E-state index in [9.17, 15) is 9.18 Å². The van der Waals surface area contributed by atoms with Crippen molar-refractivity contribution in [1.82, 2.24) is 19.6 Å². The summed E-state index contributed by atoms with van der Waals surface area (Å²) in [5, 5.41) is 4.59. The number of rotatable bonds is 5. The van der Waals surface area contributed by atoms with Gasteiger partial charge < -0.3 is 9.64 Å². The highest BCUT2D eigenvalue weighted by atomic mass is 19.1. The van der Waals surface area contributed by atoms with E-state index in [0.717, 1.165) is 41.7 Å². The molecule has 1 aliphatic rings. The van der Waals surface area contributed by atoms with Gasteiger partial charge in [0.2, 0.25) is 11.8 Å². The first-order valence-corrected chi connectivity index (χ1v) is 10.5. The Morgan fingerprint density at radius 1 is 1.12 bits per heavy atom. The van der Waals surface area contributed by atoms with Gasteiger partial charge in [0.05, 0.1) is 18.1 Å². The number of ether oxygens (including phenoxy) is 1. The highest BCUT2D eigenvalue weighted by Gasteiger charge is 2.23. The second-order valence-electron chi connectivity index (χ2n) is 7.93. The lowest BCUT2D eigenvalue weighted by molar-refractivity contribution is -0.117. The highest BCUT2D eigenvalue weighted by Crippen LogP contribution is 2.30. The molecule has 5 rings (SSSR count). The average Bonchev–Trinajstić information content (AvgIpc) is 3.39. The fourth-order valence-electron chi connectivity index (χ4n) is 4.04. The number of aromatic nitrogens is 4. The van der Waals surface area contributed by atoms with E-state index >= 15 is 0 Å². The Morgan fingerprint density at radius 3 is 2.75 bits per heavy atom. The minimum absolute atomic E-state index is 0.168. The number of benzene rings is 1. The van der Waals surface area contributed by atoms with Crippen molar-refractivity contribution in [3.05, 3.63) is 71.9 Å². The molecule has 0 radical (unpaired) electrons. The molecular formula is C24H22FN5O2. The number of carbonyl (C=O) groups excluding carboxylic acids is 1. The number of amides is 1. The fourth-order valence-corrected chi connectivity index (χ4v) is 4.04. The summed E-state index contributed by atoms with van der Waals surface area (Å²) in [6.07, 6.45) is 5.57. The van der Waals surface area contributed by atoms with Crippen LogP contribution < -0.4 is 9.64 Å². The number of hydrogen-bond donors (Lipinski definition) is 0. The Balaban J connectivity index is 1.45. The highest BCUT2D eigenvalue weighted by molar-refractivity contribution is 5.96. The second kappa shape index (κ2) is 8.03. The zero-order valence-corrected chi connectivity index (χ0v) is 17.8. The maximum atomic E-state index is 13.5. The molecule has 1 amide bonds. The number of hydrogen-bond acceptors (Lipinski definition) is 5. The third-order valence-corrected chi connectivity index (χ3v) is 5.69. The maximum absolute atomic E-state index is 13.5. The van der Waals surface area contributed by atoms with Gasteiger partial charge in [-0.15, -0.1) is 5.10 Å². The van der Waals surface area contributed by atoms with Crippen LogP contribution in [0.5, 0.6) is 5.88 Å². The number of fused-ring (bicyclic) bond motifs is 1. The number of pyridine rings is 1. The zero-order chi connectivity index (χ0) is 22.2. The molecule has 1 fully saturated rings. The van der Waals surface area contributed by atoms with Gasteiger partial charge in [0.1, 0.15) is 11.9 Å². The fraction of sp³-hybridized carbons (Fsp3) is 0.250. The van der Waals surface area contributed by atoms with Gasteiger partial charge in [0, 0.05) is 42.0 Å². The van der Waals surface area contributed by atoms with Gasteiger partial charge in [-0.2, -0.15) is 0 Å². The van der Waals surface area contributed by atoms with Crippen molar-refractivity contribution in [2.45, 2.75) is 32.8 Å². The summed E-state index contributed by atoms with van der Waals surface area (Å²) in [6, 6.07) is 11.0. The average molecular weight is 431 g/mol. The number of imidazole rings is 1. The zero-order valence-electron chi connectivity index (χ0n) is 17.8. The third kappa shape index (κ3) is 3.68. The summed E-state index contributed by atoms with van der Waals surface area (Å²) in [5.41, 5.74) is 5.03. The molecule has 8 heteroatoms. The van der Waals surface area contributed by atoms with Crippen LogP contribution in [0.1, 0.15) is 37.0 Å². The normalized spacial score (nSPS) is 14.8. The summed E-state index contributed by atoms with van der Waals surface area (Å²) < 4.78 is 21.1. The van der Waals surface area contributed by atoms with Gasteiger partial charge in [-0.1, -0.05) is 6.07 Å². The van der Waals surface area contributed by atoms with Crippen LogP contribution >= 0.6 is 0 Å². The van der Waals surface area contributed by atoms with Crippen molar-refractivity contribution in [3.8, 4) is 17.1 Å². The molecule has 1 aromatic carbocycles. The predicted octanol–water partition coefficient (Wildman–Crippen LogP) is 4.51. The lowest BCUT2D eigenvalue weighted by Crippen LogP contribution is -2.24. The standard InChI is InChI=1S/C24H22FN5O2/c1-15-10-17(5-6-20(15)29-9-3-4-24(29)31)21-14-27-22-7-8-23(28-30(21)22)32-16(2)18-11-19(25)13-26-12-18/h5-8,10-14,16H,3-4,9H2,1-2H3. The second-order valence-corrected chi connectivity index (χ2v) is 7.93. The number of aryl methyl sites for hydroxylation is 1. The smallest absolute Gasteiger partial charge is 0.232 e. The Labute approximate surface area is 184 Å². The van der Waals surface area contributed by atoms with Crippen molar-refractivity contribution in [3.63, 3.8) is 0 Å².